The first kappa shape index (κ1) is 12.9. The second-order valence-electron chi connectivity index (χ2n) is 3.50. The van der Waals surface area contributed by atoms with Gasteiger partial charge in [-0.15, -0.1) is 0 Å². The Bertz CT molecular complexity index is 388. The highest BCUT2D eigenvalue weighted by Crippen LogP contribution is 2.09. The predicted molar refractivity (Wildman–Crippen MR) is 60.9 cm³/mol. The number of nitrogens with one attached hydrogen (secondary N) is 1. The van der Waals surface area contributed by atoms with E-state index in [-0.39, 0.29) is 10.8 Å². The lowest BCUT2D eigenvalue weighted by molar-refractivity contribution is 0.0694. The number of carboxylic acid groups (broad SMARTS) is 1. The van der Waals surface area contributed by atoms with E-state index in [1.54, 1.807) is 6.26 Å². The monoisotopic (exact) mass is 245 g/mol. The summed E-state index contributed by atoms with van der Waals surface area (Å²) in [6, 6.07) is 1.42. The smallest absolute Gasteiger partial charge is 0.339 e. The van der Waals surface area contributed by atoms with E-state index in [9.17, 15) is 9.00 Å². The summed E-state index contributed by atoms with van der Waals surface area (Å²) in [5.74, 6) is -0.612. The molecule has 2 atom stereocenters. The summed E-state index contributed by atoms with van der Waals surface area (Å²) in [5, 5.41) is 11.9. The highest BCUT2D eigenvalue weighted by Gasteiger charge is 2.13. The molecule has 0 saturated heterocycles. The summed E-state index contributed by atoms with van der Waals surface area (Å²) in [5.41, 5.74) is 0.165. The fraction of sp³-hybridized carbons (Fsp3) is 0.500. The number of furan rings is 1. The van der Waals surface area contributed by atoms with Crippen molar-refractivity contribution in [3.8, 4) is 0 Å². The average molecular weight is 245 g/mol. The van der Waals surface area contributed by atoms with Gasteiger partial charge in [0.05, 0.1) is 12.8 Å². The molecule has 0 saturated carbocycles. The minimum atomic E-state index is -1.00. The second-order valence-corrected chi connectivity index (χ2v) is 5.30. The number of rotatable bonds is 6. The van der Waals surface area contributed by atoms with Crippen molar-refractivity contribution < 1.29 is 18.5 Å². The normalized spacial score (nSPS) is 14.6. The van der Waals surface area contributed by atoms with Crippen LogP contribution >= 0.6 is 0 Å². The van der Waals surface area contributed by atoms with Crippen LogP contribution in [0.5, 0.6) is 0 Å². The van der Waals surface area contributed by atoms with Crippen molar-refractivity contribution >= 4 is 16.8 Å². The summed E-state index contributed by atoms with van der Waals surface area (Å²) in [7, 11) is -0.882. The van der Waals surface area contributed by atoms with Crippen molar-refractivity contribution in [3.63, 3.8) is 0 Å². The van der Waals surface area contributed by atoms with Gasteiger partial charge in [-0.2, -0.15) is 0 Å². The largest absolute Gasteiger partial charge is 0.478 e. The summed E-state index contributed by atoms with van der Waals surface area (Å²) in [4.78, 5) is 10.8. The Morgan fingerprint density at radius 3 is 2.94 bits per heavy atom. The van der Waals surface area contributed by atoms with Gasteiger partial charge in [-0.3, -0.25) is 4.21 Å². The summed E-state index contributed by atoms with van der Waals surface area (Å²) in [6.07, 6.45) is 2.99. The zero-order valence-corrected chi connectivity index (χ0v) is 10.0. The van der Waals surface area contributed by atoms with Crippen LogP contribution < -0.4 is 5.32 Å². The Morgan fingerprint density at radius 1 is 1.69 bits per heavy atom. The highest BCUT2D eigenvalue weighted by molar-refractivity contribution is 7.84. The molecule has 0 fully saturated rings. The van der Waals surface area contributed by atoms with Crippen LogP contribution in [0.2, 0.25) is 0 Å². The van der Waals surface area contributed by atoms with E-state index in [1.807, 2.05) is 6.92 Å². The molecule has 6 heteroatoms. The van der Waals surface area contributed by atoms with Crippen LogP contribution in [0.4, 0.5) is 0 Å². The van der Waals surface area contributed by atoms with Gasteiger partial charge in [0.15, 0.2) is 0 Å². The van der Waals surface area contributed by atoms with Crippen LogP contribution in [0.1, 0.15) is 23.0 Å². The molecule has 16 heavy (non-hydrogen) atoms. The fourth-order valence-corrected chi connectivity index (χ4v) is 1.53. The Morgan fingerprint density at radius 2 is 2.38 bits per heavy atom. The minimum Gasteiger partial charge on any atom is -0.478 e. The molecule has 2 N–H and O–H groups in total. The van der Waals surface area contributed by atoms with Crippen LogP contribution in [0.25, 0.3) is 0 Å². The number of hydrogen-bond acceptors (Lipinski definition) is 4. The summed E-state index contributed by atoms with van der Waals surface area (Å²) >= 11 is 0. The second kappa shape index (κ2) is 5.81. The number of aromatic carboxylic acids is 1. The molecule has 0 amide bonds. The molecular weight excluding hydrogens is 230 g/mol. The van der Waals surface area contributed by atoms with E-state index in [2.05, 4.69) is 5.32 Å². The molecule has 90 valence electrons. The topological polar surface area (TPSA) is 79.5 Å². The average Bonchev–Trinajstić information content (AvgIpc) is 2.65. The molecule has 2 unspecified atom stereocenters. The first-order valence-corrected chi connectivity index (χ1v) is 6.47. The zero-order valence-electron chi connectivity index (χ0n) is 9.23. The Hall–Kier alpha value is -1.14. The van der Waals surface area contributed by atoms with Gasteiger partial charge in [0.25, 0.3) is 0 Å². The summed E-state index contributed by atoms with van der Waals surface area (Å²) < 4.78 is 16.1. The maximum atomic E-state index is 11.1. The van der Waals surface area contributed by atoms with Crippen LogP contribution in [0.15, 0.2) is 16.7 Å². The van der Waals surface area contributed by atoms with Crippen LogP contribution in [-0.4, -0.2) is 33.3 Å². The molecule has 0 aliphatic carbocycles. The van der Waals surface area contributed by atoms with E-state index < -0.39 is 16.8 Å². The lowest BCUT2D eigenvalue weighted by Gasteiger charge is -2.08. The number of carboxylic acids is 1. The molecule has 0 aliphatic rings. The van der Waals surface area contributed by atoms with Crippen molar-refractivity contribution in [2.45, 2.75) is 18.7 Å². The van der Waals surface area contributed by atoms with Crippen molar-refractivity contribution in [1.82, 2.24) is 5.32 Å². The quantitative estimate of drug-likeness (QED) is 0.776. The molecule has 1 rings (SSSR count). The van der Waals surface area contributed by atoms with Gasteiger partial charge in [0.1, 0.15) is 11.3 Å². The minimum absolute atomic E-state index is 0.0308. The fourth-order valence-electron chi connectivity index (χ4n) is 1.17. The summed E-state index contributed by atoms with van der Waals surface area (Å²) in [6.45, 7) is 2.75. The standard InChI is InChI=1S/C10H15NO4S/c1-7(16(2)14)5-11-6-9-8(10(12)13)3-4-15-9/h3-4,7,11H,5-6H2,1-2H3,(H,12,13). The SMILES string of the molecule is CC(CNCc1occc1C(=O)O)S(C)=O. The molecular formula is C10H15NO4S. The van der Waals surface area contributed by atoms with Crippen molar-refractivity contribution in [3.05, 3.63) is 23.7 Å². The third-order valence-corrected chi connectivity index (χ3v) is 3.56. The van der Waals surface area contributed by atoms with Gasteiger partial charge in [-0.1, -0.05) is 0 Å². The third-order valence-electron chi connectivity index (χ3n) is 2.26. The zero-order chi connectivity index (χ0) is 12.1. The number of hydrogen-bond donors (Lipinski definition) is 2. The van der Waals surface area contributed by atoms with Gasteiger partial charge in [0, 0.05) is 28.9 Å². The van der Waals surface area contributed by atoms with Crippen molar-refractivity contribution in [2.24, 2.45) is 0 Å². The van der Waals surface area contributed by atoms with Gasteiger partial charge < -0.3 is 14.8 Å². The van der Waals surface area contributed by atoms with Gasteiger partial charge in [-0.05, 0) is 13.0 Å². The Kier molecular flexibility index (Phi) is 4.70. The molecule has 1 aromatic rings. The molecule has 0 radical (unpaired) electrons. The third kappa shape index (κ3) is 3.46. The molecule has 0 aromatic carbocycles. The van der Waals surface area contributed by atoms with Crippen LogP contribution in [-0.2, 0) is 17.3 Å². The lowest BCUT2D eigenvalue weighted by Crippen LogP contribution is -2.27. The maximum Gasteiger partial charge on any atom is 0.339 e. The van der Waals surface area contributed by atoms with E-state index in [1.165, 1.54) is 12.3 Å². The first-order chi connectivity index (χ1) is 7.52. The predicted octanol–water partition coefficient (Wildman–Crippen LogP) is 0.834. The van der Waals surface area contributed by atoms with Gasteiger partial charge in [0.2, 0.25) is 0 Å². The Labute approximate surface area is 96.3 Å². The molecule has 0 spiro atoms. The van der Waals surface area contributed by atoms with Crippen LogP contribution in [0, 0.1) is 0 Å². The molecule has 5 nitrogen and oxygen atoms in total. The van der Waals surface area contributed by atoms with E-state index in [0.29, 0.717) is 18.8 Å². The van der Waals surface area contributed by atoms with E-state index in [0.717, 1.165) is 0 Å². The molecule has 0 bridgehead atoms. The molecule has 1 heterocycles. The Balaban J connectivity index is 2.46. The highest BCUT2D eigenvalue weighted by atomic mass is 32.2. The van der Waals surface area contributed by atoms with E-state index in [4.69, 9.17) is 9.52 Å². The van der Waals surface area contributed by atoms with Gasteiger partial charge in [-0.25, -0.2) is 4.79 Å². The molecule has 1 aromatic heterocycles. The van der Waals surface area contributed by atoms with Gasteiger partial charge >= 0.3 is 5.97 Å². The first-order valence-electron chi connectivity index (χ1n) is 4.85. The maximum absolute atomic E-state index is 11.1. The van der Waals surface area contributed by atoms with Crippen LogP contribution in [0.3, 0.4) is 0 Å². The number of carbonyl (C=O) groups is 1. The van der Waals surface area contributed by atoms with E-state index >= 15 is 0 Å². The molecule has 0 aliphatic heterocycles. The van der Waals surface area contributed by atoms with Crippen molar-refractivity contribution in [2.75, 3.05) is 12.8 Å². The lowest BCUT2D eigenvalue weighted by atomic mass is 10.2. The van der Waals surface area contributed by atoms with Crippen molar-refractivity contribution in [1.29, 1.82) is 0 Å².